The minimum absolute atomic E-state index is 0.285. The maximum atomic E-state index is 12.7. The first kappa shape index (κ1) is 14.9. The van der Waals surface area contributed by atoms with Gasteiger partial charge < -0.3 is 5.32 Å². The topological polar surface area (TPSA) is 59.3 Å². The second kappa shape index (κ2) is 6.07. The number of carbonyl (C=O) groups is 1. The molecule has 0 fully saturated rings. The van der Waals surface area contributed by atoms with Crippen LogP contribution >= 0.6 is 22.9 Å². The van der Waals surface area contributed by atoms with E-state index in [9.17, 15) is 4.79 Å². The van der Waals surface area contributed by atoms with E-state index in [0.29, 0.717) is 16.4 Å². The van der Waals surface area contributed by atoms with Gasteiger partial charge >= 0.3 is 0 Å². The number of amides is 1. The minimum Gasteiger partial charge on any atom is -0.321 e. The van der Waals surface area contributed by atoms with Gasteiger partial charge in [0.25, 0.3) is 5.91 Å². The number of nitrogens with one attached hydrogen (secondary N) is 1. The lowest BCUT2D eigenvalue weighted by Gasteiger charge is -2.06. The van der Waals surface area contributed by atoms with Crippen molar-refractivity contribution in [2.24, 2.45) is 0 Å². The Morgan fingerprint density at radius 2 is 2.17 bits per heavy atom. The number of aromatic nitrogens is 3. The molecule has 1 amide bonds. The molecule has 4 aromatic rings. The second-order valence-electron chi connectivity index (χ2n) is 5.07. The summed E-state index contributed by atoms with van der Waals surface area (Å²) in [5.74, 6) is -0.285. The van der Waals surface area contributed by atoms with E-state index in [1.165, 1.54) is 11.3 Å². The van der Waals surface area contributed by atoms with Crippen LogP contribution in [0.15, 0.2) is 60.4 Å². The quantitative estimate of drug-likeness (QED) is 0.594. The summed E-state index contributed by atoms with van der Waals surface area (Å²) < 4.78 is 1.90. The molecule has 0 spiro atoms. The summed E-state index contributed by atoms with van der Waals surface area (Å²) in [6, 6.07) is 10.8. The van der Waals surface area contributed by atoms with Crippen LogP contribution in [0.5, 0.6) is 0 Å². The van der Waals surface area contributed by atoms with Crippen molar-refractivity contribution in [2.45, 2.75) is 0 Å². The molecule has 1 N–H and O–H groups in total. The van der Waals surface area contributed by atoms with Crippen LogP contribution in [0.1, 0.15) is 10.5 Å². The lowest BCUT2D eigenvalue weighted by molar-refractivity contribution is 0.102. The van der Waals surface area contributed by atoms with Crippen LogP contribution in [-0.4, -0.2) is 20.3 Å². The van der Waals surface area contributed by atoms with Gasteiger partial charge in [0.15, 0.2) is 10.7 Å². The lowest BCUT2D eigenvalue weighted by Crippen LogP contribution is -2.13. The molecule has 0 bridgehead atoms. The zero-order valence-electron chi connectivity index (χ0n) is 12.3. The maximum absolute atomic E-state index is 12.7. The Kier molecular flexibility index (Phi) is 3.76. The number of imidazole rings is 1. The average molecular weight is 355 g/mol. The van der Waals surface area contributed by atoms with E-state index in [1.807, 2.05) is 28.1 Å². The Morgan fingerprint density at radius 1 is 1.25 bits per heavy atom. The van der Waals surface area contributed by atoms with Gasteiger partial charge in [-0.1, -0.05) is 17.7 Å². The summed E-state index contributed by atoms with van der Waals surface area (Å²) in [6.07, 6.45) is 5.31. The number of hydrogen-bond donors (Lipinski definition) is 1. The summed E-state index contributed by atoms with van der Waals surface area (Å²) >= 11 is 7.44. The Bertz CT molecular complexity index is 1030. The Balaban J connectivity index is 1.79. The number of benzene rings is 1. The molecule has 24 heavy (non-hydrogen) atoms. The first-order valence-electron chi connectivity index (χ1n) is 7.15. The van der Waals surface area contributed by atoms with E-state index in [4.69, 9.17) is 11.6 Å². The lowest BCUT2D eigenvalue weighted by atomic mass is 10.1. The third kappa shape index (κ3) is 2.66. The first-order valence-corrected chi connectivity index (χ1v) is 8.41. The number of fused-ring (bicyclic) bond motifs is 1. The molecule has 0 unspecified atom stereocenters. The van der Waals surface area contributed by atoms with Crippen molar-refractivity contribution in [1.82, 2.24) is 14.4 Å². The zero-order chi connectivity index (χ0) is 16.5. The highest BCUT2D eigenvalue weighted by atomic mass is 35.5. The molecule has 4 rings (SSSR count). The number of anilines is 1. The van der Waals surface area contributed by atoms with Crippen LogP contribution in [-0.2, 0) is 0 Å². The largest absolute Gasteiger partial charge is 0.321 e. The fraction of sp³-hybridized carbons (Fsp3) is 0. The molecule has 0 saturated heterocycles. The number of pyridine rings is 1. The monoisotopic (exact) mass is 354 g/mol. The van der Waals surface area contributed by atoms with Crippen LogP contribution in [0.2, 0.25) is 5.02 Å². The molecule has 7 heteroatoms. The fourth-order valence-electron chi connectivity index (χ4n) is 2.48. The molecule has 0 saturated carbocycles. The number of rotatable bonds is 3. The Labute approximate surface area is 146 Å². The summed E-state index contributed by atoms with van der Waals surface area (Å²) in [5.41, 5.74) is 2.54. The van der Waals surface area contributed by atoms with Gasteiger partial charge in [0, 0.05) is 40.2 Å². The average Bonchev–Trinajstić information content (AvgIpc) is 3.16. The molecule has 5 nitrogen and oxygen atoms in total. The SMILES string of the molecule is O=C(Nc1cccc(Cl)c1)c1nc2sccn2c1-c1cccnc1. The van der Waals surface area contributed by atoms with Crippen molar-refractivity contribution in [2.75, 3.05) is 5.32 Å². The van der Waals surface area contributed by atoms with Gasteiger partial charge in [0.1, 0.15) is 0 Å². The van der Waals surface area contributed by atoms with E-state index in [0.717, 1.165) is 16.2 Å². The highest BCUT2D eigenvalue weighted by Gasteiger charge is 2.21. The smallest absolute Gasteiger partial charge is 0.276 e. The third-order valence-electron chi connectivity index (χ3n) is 3.49. The Hall–Kier alpha value is -2.70. The van der Waals surface area contributed by atoms with E-state index in [-0.39, 0.29) is 5.91 Å². The van der Waals surface area contributed by atoms with Crippen LogP contribution in [0, 0.1) is 0 Å². The van der Waals surface area contributed by atoms with E-state index in [2.05, 4.69) is 15.3 Å². The van der Waals surface area contributed by atoms with Crippen molar-refractivity contribution in [3.05, 3.63) is 71.1 Å². The summed E-state index contributed by atoms with van der Waals surface area (Å²) in [6.45, 7) is 0. The van der Waals surface area contributed by atoms with Crippen molar-refractivity contribution >= 4 is 39.5 Å². The van der Waals surface area contributed by atoms with Gasteiger partial charge in [0.2, 0.25) is 0 Å². The van der Waals surface area contributed by atoms with Gasteiger partial charge in [-0.3, -0.25) is 14.2 Å². The molecule has 0 aliphatic heterocycles. The van der Waals surface area contributed by atoms with Crippen molar-refractivity contribution in [3.63, 3.8) is 0 Å². The second-order valence-corrected chi connectivity index (χ2v) is 6.38. The van der Waals surface area contributed by atoms with Crippen LogP contribution in [0.3, 0.4) is 0 Å². The van der Waals surface area contributed by atoms with Gasteiger partial charge in [-0.2, -0.15) is 0 Å². The summed E-state index contributed by atoms with van der Waals surface area (Å²) in [5, 5.41) is 5.34. The molecule has 0 radical (unpaired) electrons. The van der Waals surface area contributed by atoms with E-state index in [1.54, 1.807) is 36.7 Å². The molecular formula is C17H11ClN4OS. The van der Waals surface area contributed by atoms with Crippen LogP contribution in [0.4, 0.5) is 5.69 Å². The highest BCUT2D eigenvalue weighted by molar-refractivity contribution is 7.15. The normalized spacial score (nSPS) is 10.9. The molecule has 0 aliphatic carbocycles. The van der Waals surface area contributed by atoms with Crippen molar-refractivity contribution < 1.29 is 4.79 Å². The molecule has 0 aliphatic rings. The van der Waals surface area contributed by atoms with E-state index >= 15 is 0 Å². The van der Waals surface area contributed by atoms with Gasteiger partial charge in [0.05, 0.1) is 5.69 Å². The summed E-state index contributed by atoms with van der Waals surface area (Å²) in [4.78, 5) is 22.1. The predicted molar refractivity (Wildman–Crippen MR) is 95.7 cm³/mol. The highest BCUT2D eigenvalue weighted by Crippen LogP contribution is 2.27. The van der Waals surface area contributed by atoms with Crippen molar-refractivity contribution in [1.29, 1.82) is 0 Å². The maximum Gasteiger partial charge on any atom is 0.276 e. The van der Waals surface area contributed by atoms with Gasteiger partial charge in [-0.25, -0.2) is 4.98 Å². The number of halogens is 1. The predicted octanol–water partition coefficient (Wildman–Crippen LogP) is 4.36. The number of carbonyl (C=O) groups excluding carboxylic acids is 1. The van der Waals surface area contributed by atoms with Crippen molar-refractivity contribution in [3.8, 4) is 11.3 Å². The number of thiazole rings is 1. The van der Waals surface area contributed by atoms with Crippen LogP contribution in [0.25, 0.3) is 16.2 Å². The minimum atomic E-state index is -0.285. The standard InChI is InChI=1S/C17H11ClN4OS/c18-12-4-1-5-13(9-12)20-16(23)14-15(11-3-2-6-19-10-11)22-7-8-24-17(22)21-14/h1-10H,(H,20,23). The van der Waals surface area contributed by atoms with Gasteiger partial charge in [-0.05, 0) is 30.3 Å². The van der Waals surface area contributed by atoms with Crippen LogP contribution < -0.4 is 5.32 Å². The molecule has 3 aromatic heterocycles. The third-order valence-corrected chi connectivity index (χ3v) is 4.49. The molecule has 118 valence electrons. The molecule has 3 heterocycles. The molecule has 1 aromatic carbocycles. The Morgan fingerprint density at radius 3 is 2.96 bits per heavy atom. The number of hydrogen-bond acceptors (Lipinski definition) is 4. The fourth-order valence-corrected chi connectivity index (χ4v) is 3.38. The molecule has 0 atom stereocenters. The zero-order valence-corrected chi connectivity index (χ0v) is 13.9. The molecular weight excluding hydrogens is 344 g/mol. The van der Waals surface area contributed by atoms with Gasteiger partial charge in [-0.15, -0.1) is 11.3 Å². The van der Waals surface area contributed by atoms with E-state index < -0.39 is 0 Å². The number of nitrogens with zero attached hydrogens (tertiary/aromatic N) is 3. The first-order chi connectivity index (χ1) is 11.7. The summed E-state index contributed by atoms with van der Waals surface area (Å²) in [7, 11) is 0.